The highest BCUT2D eigenvalue weighted by molar-refractivity contribution is 7.09. The molecule has 0 bridgehead atoms. The highest BCUT2D eigenvalue weighted by atomic mass is 32.1. The van der Waals surface area contributed by atoms with Crippen LogP contribution in [0.1, 0.15) is 15.4 Å². The zero-order chi connectivity index (χ0) is 12.1. The van der Waals surface area contributed by atoms with Gasteiger partial charge in [-0.15, -0.1) is 11.3 Å². The number of thiophene rings is 1. The van der Waals surface area contributed by atoms with E-state index in [4.69, 9.17) is 9.84 Å². The third-order valence-electron chi connectivity index (χ3n) is 2.01. The molecule has 1 N–H and O–H groups in total. The van der Waals surface area contributed by atoms with Crippen LogP contribution in [0.5, 0.6) is 6.01 Å². The molecule has 6 heteroatoms. The topological polar surface area (TPSA) is 72.3 Å². The largest absolute Gasteiger partial charge is 0.477 e. The Kier molecular flexibility index (Phi) is 3.66. The molecule has 0 fully saturated rings. The van der Waals surface area contributed by atoms with Crippen LogP contribution in [0.15, 0.2) is 29.8 Å². The van der Waals surface area contributed by atoms with Gasteiger partial charge in [0.25, 0.3) is 0 Å². The third kappa shape index (κ3) is 3.25. The van der Waals surface area contributed by atoms with E-state index < -0.39 is 5.97 Å². The lowest BCUT2D eigenvalue weighted by Crippen LogP contribution is -2.07. The maximum absolute atomic E-state index is 10.7. The zero-order valence-electron chi connectivity index (χ0n) is 8.87. The summed E-state index contributed by atoms with van der Waals surface area (Å²) in [5.74, 6) is -1.09. The molecular weight excluding hydrogens is 240 g/mol. The lowest BCUT2D eigenvalue weighted by atomic mass is 10.4. The van der Waals surface area contributed by atoms with Gasteiger partial charge in [-0.2, -0.15) is 4.98 Å². The molecule has 2 aromatic heterocycles. The number of carboxylic acid groups (broad SMARTS) is 1. The van der Waals surface area contributed by atoms with Crippen molar-refractivity contribution in [1.29, 1.82) is 0 Å². The van der Waals surface area contributed by atoms with Gasteiger partial charge in [-0.25, -0.2) is 9.78 Å². The van der Waals surface area contributed by atoms with Crippen LogP contribution in [0.25, 0.3) is 0 Å². The van der Waals surface area contributed by atoms with E-state index in [-0.39, 0.29) is 11.7 Å². The first-order valence-electron chi connectivity index (χ1n) is 4.97. The van der Waals surface area contributed by atoms with Crippen LogP contribution < -0.4 is 4.74 Å². The van der Waals surface area contributed by atoms with Crippen molar-refractivity contribution in [3.05, 3.63) is 40.3 Å². The minimum atomic E-state index is -1.09. The fraction of sp³-hybridized carbons (Fsp3) is 0.182. The highest BCUT2D eigenvalue weighted by Crippen LogP contribution is 2.10. The quantitative estimate of drug-likeness (QED) is 0.876. The second kappa shape index (κ2) is 5.40. The maximum Gasteiger partial charge on any atom is 0.354 e. The summed E-state index contributed by atoms with van der Waals surface area (Å²) in [6.07, 6.45) is 2.13. The van der Waals surface area contributed by atoms with Gasteiger partial charge in [0.05, 0.1) is 6.61 Å². The molecule has 2 rings (SSSR count). The Labute approximate surface area is 102 Å². The molecule has 0 amide bonds. The van der Waals surface area contributed by atoms with Crippen molar-refractivity contribution >= 4 is 17.3 Å². The van der Waals surface area contributed by atoms with Crippen LogP contribution in [0.3, 0.4) is 0 Å². The number of nitrogens with zero attached hydrogens (tertiary/aromatic N) is 2. The minimum Gasteiger partial charge on any atom is -0.477 e. The Morgan fingerprint density at radius 1 is 1.47 bits per heavy atom. The van der Waals surface area contributed by atoms with Crippen LogP contribution in [0.2, 0.25) is 0 Å². The first-order chi connectivity index (χ1) is 8.25. The molecule has 0 saturated carbocycles. The van der Waals surface area contributed by atoms with Crippen molar-refractivity contribution in [2.45, 2.75) is 6.42 Å². The van der Waals surface area contributed by atoms with Gasteiger partial charge in [0.15, 0.2) is 5.69 Å². The van der Waals surface area contributed by atoms with E-state index in [0.717, 1.165) is 6.42 Å². The summed E-state index contributed by atoms with van der Waals surface area (Å²) in [5.41, 5.74) is -0.0638. The molecule has 5 nitrogen and oxygen atoms in total. The predicted octanol–water partition coefficient (Wildman–Crippen LogP) is 1.86. The molecule has 88 valence electrons. The molecule has 0 radical (unpaired) electrons. The van der Waals surface area contributed by atoms with Crippen LogP contribution in [-0.4, -0.2) is 27.7 Å². The summed E-state index contributed by atoms with van der Waals surface area (Å²) in [7, 11) is 0. The first-order valence-corrected chi connectivity index (χ1v) is 5.85. The van der Waals surface area contributed by atoms with Crippen LogP contribution >= 0.6 is 11.3 Å². The van der Waals surface area contributed by atoms with Crippen molar-refractivity contribution in [3.8, 4) is 6.01 Å². The number of rotatable bonds is 5. The summed E-state index contributed by atoms with van der Waals surface area (Å²) < 4.78 is 5.29. The van der Waals surface area contributed by atoms with Gasteiger partial charge in [0.2, 0.25) is 0 Å². The van der Waals surface area contributed by atoms with E-state index in [1.807, 2.05) is 17.5 Å². The summed E-state index contributed by atoms with van der Waals surface area (Å²) in [6.45, 7) is 0.434. The van der Waals surface area contributed by atoms with Gasteiger partial charge in [0, 0.05) is 17.5 Å². The second-order valence-corrected chi connectivity index (χ2v) is 4.24. The first kappa shape index (κ1) is 11.5. The molecule has 0 aliphatic carbocycles. The van der Waals surface area contributed by atoms with Gasteiger partial charge in [-0.05, 0) is 17.5 Å². The molecule has 0 saturated heterocycles. The van der Waals surface area contributed by atoms with Crippen molar-refractivity contribution in [3.63, 3.8) is 0 Å². The minimum absolute atomic E-state index is 0.0638. The Morgan fingerprint density at radius 2 is 2.35 bits per heavy atom. The van der Waals surface area contributed by atoms with Crippen molar-refractivity contribution in [2.75, 3.05) is 6.61 Å². The molecule has 0 atom stereocenters. The number of hydrogen-bond donors (Lipinski definition) is 1. The average molecular weight is 250 g/mol. The summed E-state index contributed by atoms with van der Waals surface area (Å²) in [6, 6.07) is 5.42. The lowest BCUT2D eigenvalue weighted by molar-refractivity contribution is 0.0688. The van der Waals surface area contributed by atoms with Gasteiger partial charge >= 0.3 is 12.0 Å². The van der Waals surface area contributed by atoms with E-state index in [2.05, 4.69) is 9.97 Å². The Hall–Kier alpha value is -1.95. The molecule has 2 aromatic rings. The van der Waals surface area contributed by atoms with Crippen LogP contribution in [0, 0.1) is 0 Å². The van der Waals surface area contributed by atoms with Crippen molar-refractivity contribution in [2.24, 2.45) is 0 Å². The van der Waals surface area contributed by atoms with E-state index in [1.165, 1.54) is 17.1 Å². The molecule has 0 aliphatic rings. The van der Waals surface area contributed by atoms with Gasteiger partial charge in [0.1, 0.15) is 0 Å². The standard InChI is InChI=1S/C11H10N2O3S/c14-10(15)9-3-5-12-11(13-9)16-6-4-8-2-1-7-17-8/h1-3,5,7H,4,6H2,(H,14,15). The van der Waals surface area contributed by atoms with E-state index in [1.54, 1.807) is 11.3 Å². The van der Waals surface area contributed by atoms with Gasteiger partial charge in [-0.3, -0.25) is 0 Å². The van der Waals surface area contributed by atoms with E-state index in [9.17, 15) is 4.79 Å². The molecule has 2 heterocycles. The number of aromatic nitrogens is 2. The summed E-state index contributed by atoms with van der Waals surface area (Å²) in [5, 5.41) is 10.7. The highest BCUT2D eigenvalue weighted by Gasteiger charge is 2.06. The maximum atomic E-state index is 10.7. The molecule has 0 unspecified atom stereocenters. The normalized spacial score (nSPS) is 10.1. The fourth-order valence-corrected chi connectivity index (χ4v) is 1.92. The van der Waals surface area contributed by atoms with Crippen LogP contribution in [-0.2, 0) is 6.42 Å². The lowest BCUT2D eigenvalue weighted by Gasteiger charge is -2.03. The Bertz CT molecular complexity index is 499. The Morgan fingerprint density at radius 3 is 3.06 bits per heavy atom. The SMILES string of the molecule is O=C(O)c1ccnc(OCCc2cccs2)n1. The number of carbonyl (C=O) groups is 1. The van der Waals surface area contributed by atoms with Gasteiger partial charge in [-0.1, -0.05) is 6.07 Å². The fourth-order valence-electron chi connectivity index (χ4n) is 1.23. The van der Waals surface area contributed by atoms with E-state index >= 15 is 0 Å². The molecule has 0 spiro atoms. The number of ether oxygens (including phenoxy) is 1. The zero-order valence-corrected chi connectivity index (χ0v) is 9.68. The summed E-state index contributed by atoms with van der Waals surface area (Å²) in [4.78, 5) is 19.5. The predicted molar refractivity (Wildman–Crippen MR) is 62.5 cm³/mol. The average Bonchev–Trinajstić information content (AvgIpc) is 2.82. The second-order valence-electron chi connectivity index (χ2n) is 3.21. The van der Waals surface area contributed by atoms with Gasteiger partial charge < -0.3 is 9.84 Å². The van der Waals surface area contributed by atoms with Crippen molar-refractivity contribution in [1.82, 2.24) is 9.97 Å². The number of aromatic carboxylic acids is 1. The van der Waals surface area contributed by atoms with E-state index in [0.29, 0.717) is 6.61 Å². The Balaban J connectivity index is 1.90. The molecular formula is C11H10N2O3S. The smallest absolute Gasteiger partial charge is 0.354 e. The van der Waals surface area contributed by atoms with Crippen LogP contribution in [0.4, 0.5) is 0 Å². The number of carboxylic acids is 1. The molecule has 17 heavy (non-hydrogen) atoms. The monoisotopic (exact) mass is 250 g/mol. The number of hydrogen-bond acceptors (Lipinski definition) is 5. The van der Waals surface area contributed by atoms with Crippen molar-refractivity contribution < 1.29 is 14.6 Å². The summed E-state index contributed by atoms with van der Waals surface area (Å²) >= 11 is 1.65. The third-order valence-corrected chi connectivity index (χ3v) is 2.95. The molecule has 0 aromatic carbocycles. The molecule has 0 aliphatic heterocycles.